The lowest BCUT2D eigenvalue weighted by molar-refractivity contribution is -0.127. The largest absolute Gasteiger partial charge is 0.495 e. The molecule has 1 aliphatic heterocycles. The summed E-state index contributed by atoms with van der Waals surface area (Å²) in [7, 11) is 1.49. The minimum Gasteiger partial charge on any atom is -0.495 e. The molecule has 7 heteroatoms. The summed E-state index contributed by atoms with van der Waals surface area (Å²) < 4.78 is 10.5. The first-order chi connectivity index (χ1) is 10.6. The van der Waals surface area contributed by atoms with E-state index in [1.54, 1.807) is 18.2 Å². The summed E-state index contributed by atoms with van der Waals surface area (Å²) in [6.45, 7) is 1.17. The maximum Gasteiger partial charge on any atom is 0.233 e. The van der Waals surface area contributed by atoms with Gasteiger partial charge in [-0.3, -0.25) is 9.59 Å². The lowest BCUT2D eigenvalue weighted by Gasteiger charge is -2.12. The predicted octanol–water partition coefficient (Wildman–Crippen LogP) is 1.97. The number of methoxy groups -OCH3 is 1. The monoisotopic (exact) mass is 326 g/mol. The van der Waals surface area contributed by atoms with Crippen molar-refractivity contribution in [2.45, 2.75) is 25.4 Å². The number of amides is 2. The summed E-state index contributed by atoms with van der Waals surface area (Å²) >= 11 is 5.89. The van der Waals surface area contributed by atoms with Gasteiger partial charge in [-0.15, -0.1) is 0 Å². The molecule has 1 aromatic rings. The number of rotatable bonds is 6. The number of hydrogen-bond donors (Lipinski definition) is 2. The van der Waals surface area contributed by atoms with Crippen molar-refractivity contribution in [3.8, 4) is 5.75 Å². The van der Waals surface area contributed by atoms with Crippen molar-refractivity contribution in [1.29, 1.82) is 0 Å². The molecule has 2 N–H and O–H groups in total. The fourth-order valence-corrected chi connectivity index (χ4v) is 2.39. The smallest absolute Gasteiger partial charge is 0.233 e. The van der Waals surface area contributed by atoms with E-state index in [4.69, 9.17) is 21.1 Å². The number of nitrogens with one attached hydrogen (secondary N) is 2. The van der Waals surface area contributed by atoms with Crippen molar-refractivity contribution >= 4 is 29.1 Å². The lowest BCUT2D eigenvalue weighted by Crippen LogP contribution is -2.34. The van der Waals surface area contributed by atoms with E-state index in [-0.39, 0.29) is 18.4 Å². The van der Waals surface area contributed by atoms with Gasteiger partial charge in [-0.05, 0) is 31.0 Å². The molecule has 1 heterocycles. The van der Waals surface area contributed by atoms with Gasteiger partial charge in [0.2, 0.25) is 11.8 Å². The van der Waals surface area contributed by atoms with Gasteiger partial charge in [0.1, 0.15) is 12.2 Å². The Labute approximate surface area is 134 Å². The first-order valence-corrected chi connectivity index (χ1v) is 7.48. The number of halogens is 1. The Morgan fingerprint density at radius 2 is 2.23 bits per heavy atom. The molecule has 6 nitrogen and oxygen atoms in total. The summed E-state index contributed by atoms with van der Waals surface area (Å²) in [4.78, 5) is 23.6. The maximum atomic E-state index is 11.9. The average Bonchev–Trinajstić information content (AvgIpc) is 2.98. The van der Waals surface area contributed by atoms with Gasteiger partial charge in [0.05, 0.1) is 18.9 Å². The minimum atomic E-state index is -0.426. The van der Waals surface area contributed by atoms with Gasteiger partial charge in [-0.1, -0.05) is 11.6 Å². The molecule has 1 unspecified atom stereocenters. The lowest BCUT2D eigenvalue weighted by atomic mass is 10.2. The van der Waals surface area contributed by atoms with E-state index in [1.807, 2.05) is 0 Å². The molecular formula is C15H19ClN2O4. The molecule has 22 heavy (non-hydrogen) atoms. The second-order valence-corrected chi connectivity index (χ2v) is 5.45. The molecule has 1 aromatic carbocycles. The van der Waals surface area contributed by atoms with E-state index in [2.05, 4.69) is 10.6 Å². The summed E-state index contributed by atoms with van der Waals surface area (Å²) in [5, 5.41) is 5.79. The van der Waals surface area contributed by atoms with E-state index in [0.717, 1.165) is 19.4 Å². The van der Waals surface area contributed by atoms with E-state index in [0.29, 0.717) is 23.0 Å². The molecule has 1 atom stereocenters. The SMILES string of the molecule is COc1ccc(Cl)cc1NC(=O)CC(=O)NCC1CCCO1. The third kappa shape index (κ3) is 4.89. The summed E-state index contributed by atoms with van der Waals surface area (Å²) in [6, 6.07) is 4.88. The Kier molecular flexibility index (Phi) is 6.03. The van der Waals surface area contributed by atoms with Crippen molar-refractivity contribution in [3.63, 3.8) is 0 Å². The molecule has 1 fully saturated rings. The summed E-state index contributed by atoms with van der Waals surface area (Å²) in [5.74, 6) is -0.281. The zero-order chi connectivity index (χ0) is 15.9. The maximum absolute atomic E-state index is 11.9. The molecule has 2 amide bonds. The number of benzene rings is 1. The van der Waals surface area contributed by atoms with Crippen LogP contribution in [-0.4, -0.2) is 38.2 Å². The average molecular weight is 327 g/mol. The fraction of sp³-hybridized carbons (Fsp3) is 0.467. The van der Waals surface area contributed by atoms with Crippen LogP contribution in [0.5, 0.6) is 5.75 Å². The van der Waals surface area contributed by atoms with Gasteiger partial charge in [0.15, 0.2) is 0 Å². The molecule has 0 bridgehead atoms. The third-order valence-electron chi connectivity index (χ3n) is 3.31. The van der Waals surface area contributed by atoms with Gasteiger partial charge < -0.3 is 20.1 Å². The molecule has 1 aliphatic rings. The van der Waals surface area contributed by atoms with Gasteiger partial charge >= 0.3 is 0 Å². The summed E-state index contributed by atoms with van der Waals surface area (Å²) in [5.41, 5.74) is 0.437. The van der Waals surface area contributed by atoms with Gasteiger partial charge in [0.25, 0.3) is 0 Å². The number of anilines is 1. The zero-order valence-electron chi connectivity index (χ0n) is 12.4. The molecule has 0 spiro atoms. The standard InChI is InChI=1S/C15H19ClN2O4/c1-21-13-5-4-10(16)7-12(13)18-15(20)8-14(19)17-9-11-3-2-6-22-11/h4-5,7,11H,2-3,6,8-9H2,1H3,(H,17,19)(H,18,20). The highest BCUT2D eigenvalue weighted by molar-refractivity contribution is 6.31. The molecule has 0 radical (unpaired) electrons. The van der Waals surface area contributed by atoms with Crippen LogP contribution in [0.3, 0.4) is 0 Å². The Hall–Kier alpha value is -1.79. The molecule has 0 saturated carbocycles. The van der Waals surface area contributed by atoms with Gasteiger partial charge in [-0.2, -0.15) is 0 Å². The highest BCUT2D eigenvalue weighted by Crippen LogP contribution is 2.27. The minimum absolute atomic E-state index is 0.0556. The fourth-order valence-electron chi connectivity index (χ4n) is 2.21. The van der Waals surface area contributed by atoms with Crippen molar-refractivity contribution in [2.75, 3.05) is 25.6 Å². The Bertz CT molecular complexity index is 544. The van der Waals surface area contributed by atoms with Crippen LogP contribution in [0, 0.1) is 0 Å². The van der Waals surface area contributed by atoms with E-state index in [9.17, 15) is 9.59 Å². The predicted molar refractivity (Wildman–Crippen MR) is 83.2 cm³/mol. The molecule has 2 rings (SSSR count). The first-order valence-electron chi connectivity index (χ1n) is 7.10. The number of carbonyl (C=O) groups excluding carboxylic acids is 2. The second kappa shape index (κ2) is 8.00. The molecule has 0 aromatic heterocycles. The van der Waals surface area contributed by atoms with Gasteiger partial charge in [-0.25, -0.2) is 0 Å². The molecule has 0 aliphatic carbocycles. The topological polar surface area (TPSA) is 76.7 Å². The first kappa shape index (κ1) is 16.6. The van der Waals surface area contributed by atoms with Crippen LogP contribution < -0.4 is 15.4 Å². The normalized spacial score (nSPS) is 17.1. The Morgan fingerprint density at radius 3 is 2.91 bits per heavy atom. The van der Waals surface area contributed by atoms with Crippen LogP contribution in [-0.2, 0) is 14.3 Å². The van der Waals surface area contributed by atoms with Crippen molar-refractivity contribution < 1.29 is 19.1 Å². The van der Waals surface area contributed by atoms with E-state index < -0.39 is 5.91 Å². The highest BCUT2D eigenvalue weighted by atomic mass is 35.5. The van der Waals surface area contributed by atoms with Crippen molar-refractivity contribution in [2.24, 2.45) is 0 Å². The molecule has 120 valence electrons. The Balaban J connectivity index is 1.81. The van der Waals surface area contributed by atoms with Crippen LogP contribution in [0.25, 0.3) is 0 Å². The van der Waals surface area contributed by atoms with Crippen LogP contribution in [0.1, 0.15) is 19.3 Å². The van der Waals surface area contributed by atoms with Crippen LogP contribution >= 0.6 is 11.6 Å². The zero-order valence-corrected chi connectivity index (χ0v) is 13.1. The number of carbonyl (C=O) groups is 2. The van der Waals surface area contributed by atoms with E-state index in [1.165, 1.54) is 7.11 Å². The van der Waals surface area contributed by atoms with E-state index >= 15 is 0 Å². The Morgan fingerprint density at radius 1 is 1.41 bits per heavy atom. The van der Waals surface area contributed by atoms with Gasteiger partial charge in [0, 0.05) is 18.2 Å². The summed E-state index contributed by atoms with van der Waals surface area (Å²) in [6.07, 6.45) is 1.74. The number of ether oxygens (including phenoxy) is 2. The van der Waals surface area contributed by atoms with Crippen LogP contribution in [0.15, 0.2) is 18.2 Å². The molecular weight excluding hydrogens is 308 g/mol. The third-order valence-corrected chi connectivity index (χ3v) is 3.54. The number of hydrogen-bond acceptors (Lipinski definition) is 4. The van der Waals surface area contributed by atoms with Crippen LogP contribution in [0.4, 0.5) is 5.69 Å². The quantitative estimate of drug-likeness (QED) is 0.784. The van der Waals surface area contributed by atoms with Crippen molar-refractivity contribution in [3.05, 3.63) is 23.2 Å². The van der Waals surface area contributed by atoms with Crippen LogP contribution in [0.2, 0.25) is 5.02 Å². The second-order valence-electron chi connectivity index (χ2n) is 5.01. The molecule has 1 saturated heterocycles. The highest BCUT2D eigenvalue weighted by Gasteiger charge is 2.17. The van der Waals surface area contributed by atoms with Crippen molar-refractivity contribution in [1.82, 2.24) is 5.32 Å².